The molecule has 2 aromatic rings. The number of hydrogen-bond acceptors (Lipinski definition) is 3. The highest BCUT2D eigenvalue weighted by molar-refractivity contribution is 9.10. The number of nitrogens with one attached hydrogen (secondary N) is 1. The molecule has 19 heavy (non-hydrogen) atoms. The molecule has 1 aromatic heterocycles. The normalized spacial score (nSPS) is 12.6. The first-order valence-electron chi connectivity index (χ1n) is 5.87. The highest BCUT2D eigenvalue weighted by atomic mass is 79.9. The summed E-state index contributed by atoms with van der Waals surface area (Å²) < 4.78 is 28.0. The zero-order valence-corrected chi connectivity index (χ0v) is 12.7. The van der Waals surface area contributed by atoms with E-state index in [1.807, 2.05) is 6.92 Å². The fraction of sp³-hybridized carbons (Fsp3) is 0.308. The molecule has 0 saturated carbocycles. The summed E-state index contributed by atoms with van der Waals surface area (Å²) in [5, 5.41) is 3.23. The van der Waals surface area contributed by atoms with Crippen LogP contribution in [0.25, 0.3) is 0 Å². The van der Waals surface area contributed by atoms with Gasteiger partial charge in [0, 0.05) is 22.7 Å². The van der Waals surface area contributed by atoms with Gasteiger partial charge < -0.3 is 5.32 Å². The van der Waals surface area contributed by atoms with E-state index in [2.05, 4.69) is 26.2 Å². The van der Waals surface area contributed by atoms with Gasteiger partial charge in [0.2, 0.25) is 0 Å². The standard InChI is InChI=1S/C13H13BrF2N2S/c1-2-18-11(12-6-17-7-19-12)5-8-10(15)4-3-9(14)13(8)16/h3-4,6-7,11,18H,2,5H2,1H3. The van der Waals surface area contributed by atoms with E-state index in [1.165, 1.54) is 23.5 Å². The monoisotopic (exact) mass is 346 g/mol. The molecule has 0 amide bonds. The van der Waals surface area contributed by atoms with Crippen LogP contribution in [0.5, 0.6) is 0 Å². The van der Waals surface area contributed by atoms with Crippen molar-refractivity contribution in [3.05, 3.63) is 50.4 Å². The van der Waals surface area contributed by atoms with Crippen LogP contribution in [0.1, 0.15) is 23.4 Å². The summed E-state index contributed by atoms with van der Waals surface area (Å²) in [6.45, 7) is 2.68. The van der Waals surface area contributed by atoms with Crippen LogP contribution in [-0.2, 0) is 6.42 Å². The van der Waals surface area contributed by atoms with Crippen LogP contribution >= 0.6 is 27.3 Å². The molecule has 0 spiro atoms. The molecule has 0 aliphatic rings. The van der Waals surface area contributed by atoms with E-state index in [1.54, 1.807) is 11.7 Å². The van der Waals surface area contributed by atoms with Gasteiger partial charge in [-0.2, -0.15) is 0 Å². The topological polar surface area (TPSA) is 24.9 Å². The van der Waals surface area contributed by atoms with E-state index in [9.17, 15) is 8.78 Å². The number of likely N-dealkylation sites (N-methyl/N-ethyl adjacent to an activating group) is 1. The Morgan fingerprint density at radius 2 is 2.21 bits per heavy atom. The predicted octanol–water partition coefficient (Wildman–Crippen LogP) is 4.08. The molecule has 1 heterocycles. The van der Waals surface area contributed by atoms with Crippen molar-refractivity contribution >= 4 is 27.3 Å². The summed E-state index contributed by atoms with van der Waals surface area (Å²) in [6.07, 6.45) is 1.99. The number of aromatic nitrogens is 1. The molecule has 1 N–H and O–H groups in total. The van der Waals surface area contributed by atoms with Crippen molar-refractivity contribution in [2.45, 2.75) is 19.4 Å². The number of thiazole rings is 1. The lowest BCUT2D eigenvalue weighted by Gasteiger charge is -2.17. The lowest BCUT2D eigenvalue weighted by atomic mass is 10.0. The molecule has 1 unspecified atom stereocenters. The largest absolute Gasteiger partial charge is 0.309 e. The van der Waals surface area contributed by atoms with E-state index >= 15 is 0 Å². The van der Waals surface area contributed by atoms with Gasteiger partial charge in [-0.05, 0) is 41.0 Å². The van der Waals surface area contributed by atoms with Crippen LogP contribution in [0.2, 0.25) is 0 Å². The fourth-order valence-electron chi connectivity index (χ4n) is 1.88. The summed E-state index contributed by atoms with van der Waals surface area (Å²) in [5.74, 6) is -1.06. The number of benzene rings is 1. The molecule has 0 aliphatic heterocycles. The van der Waals surface area contributed by atoms with Crippen molar-refractivity contribution in [3.63, 3.8) is 0 Å². The summed E-state index contributed by atoms with van der Waals surface area (Å²) in [6, 6.07) is 2.53. The number of hydrogen-bond donors (Lipinski definition) is 1. The van der Waals surface area contributed by atoms with Crippen LogP contribution in [0.4, 0.5) is 8.78 Å². The molecule has 0 saturated heterocycles. The maximum absolute atomic E-state index is 14.0. The third kappa shape index (κ3) is 3.38. The van der Waals surface area contributed by atoms with Gasteiger partial charge in [-0.25, -0.2) is 8.78 Å². The first kappa shape index (κ1) is 14.6. The Bertz CT molecular complexity index is 546. The molecule has 2 nitrogen and oxygen atoms in total. The summed E-state index contributed by atoms with van der Waals surface area (Å²) in [4.78, 5) is 4.98. The smallest absolute Gasteiger partial charge is 0.143 e. The number of halogens is 3. The molecule has 0 radical (unpaired) electrons. The van der Waals surface area contributed by atoms with Crippen LogP contribution in [0.15, 0.2) is 28.3 Å². The number of rotatable bonds is 5. The third-order valence-corrected chi connectivity index (χ3v) is 4.29. The van der Waals surface area contributed by atoms with Crippen LogP contribution in [0.3, 0.4) is 0 Å². The highest BCUT2D eigenvalue weighted by Crippen LogP contribution is 2.27. The predicted molar refractivity (Wildman–Crippen MR) is 76.3 cm³/mol. The SMILES string of the molecule is CCNC(Cc1c(F)ccc(Br)c1F)c1cncs1. The minimum absolute atomic E-state index is 0.0914. The second kappa shape index (κ2) is 6.54. The third-order valence-electron chi connectivity index (χ3n) is 2.79. The van der Waals surface area contributed by atoms with Gasteiger partial charge in [0.1, 0.15) is 11.6 Å². The molecular weight excluding hydrogens is 334 g/mol. The highest BCUT2D eigenvalue weighted by Gasteiger charge is 2.19. The Hall–Kier alpha value is -0.850. The van der Waals surface area contributed by atoms with E-state index in [4.69, 9.17) is 0 Å². The molecule has 1 atom stereocenters. The van der Waals surface area contributed by atoms with E-state index in [-0.39, 0.29) is 22.5 Å². The molecule has 102 valence electrons. The second-order valence-electron chi connectivity index (χ2n) is 4.04. The maximum atomic E-state index is 14.0. The van der Waals surface area contributed by atoms with Gasteiger partial charge in [-0.1, -0.05) is 6.92 Å². The van der Waals surface area contributed by atoms with Crippen LogP contribution in [0, 0.1) is 11.6 Å². The molecule has 2 rings (SSSR count). The van der Waals surface area contributed by atoms with Gasteiger partial charge in [-0.15, -0.1) is 11.3 Å². The summed E-state index contributed by atoms with van der Waals surface area (Å²) >= 11 is 4.56. The Morgan fingerprint density at radius 3 is 2.84 bits per heavy atom. The van der Waals surface area contributed by atoms with Crippen molar-refractivity contribution in [3.8, 4) is 0 Å². The van der Waals surface area contributed by atoms with E-state index < -0.39 is 11.6 Å². The van der Waals surface area contributed by atoms with Crippen molar-refractivity contribution in [2.75, 3.05) is 6.54 Å². The first-order valence-corrected chi connectivity index (χ1v) is 7.54. The minimum atomic E-state index is -0.535. The zero-order chi connectivity index (χ0) is 13.8. The van der Waals surface area contributed by atoms with Crippen molar-refractivity contribution < 1.29 is 8.78 Å². The van der Waals surface area contributed by atoms with Crippen LogP contribution in [-0.4, -0.2) is 11.5 Å². The van der Waals surface area contributed by atoms with E-state index in [0.717, 1.165) is 11.4 Å². The second-order valence-corrected chi connectivity index (χ2v) is 5.81. The molecule has 0 fully saturated rings. The fourth-order valence-corrected chi connectivity index (χ4v) is 2.95. The van der Waals surface area contributed by atoms with E-state index in [0.29, 0.717) is 0 Å². The van der Waals surface area contributed by atoms with Crippen LogP contribution < -0.4 is 5.32 Å². The van der Waals surface area contributed by atoms with Gasteiger partial charge in [0.15, 0.2) is 0 Å². The van der Waals surface area contributed by atoms with Gasteiger partial charge in [0.25, 0.3) is 0 Å². The molecular formula is C13H13BrF2N2S. The molecule has 6 heteroatoms. The Balaban J connectivity index is 2.30. The lowest BCUT2D eigenvalue weighted by molar-refractivity contribution is 0.501. The molecule has 1 aromatic carbocycles. The van der Waals surface area contributed by atoms with Crippen molar-refractivity contribution in [1.82, 2.24) is 10.3 Å². The average molecular weight is 347 g/mol. The minimum Gasteiger partial charge on any atom is -0.309 e. The summed E-state index contributed by atoms with van der Waals surface area (Å²) in [5.41, 5.74) is 1.81. The quantitative estimate of drug-likeness (QED) is 0.825. The Kier molecular flexibility index (Phi) is 5.01. The Morgan fingerprint density at radius 1 is 1.42 bits per heavy atom. The summed E-state index contributed by atoms with van der Waals surface area (Å²) in [7, 11) is 0. The van der Waals surface area contributed by atoms with Gasteiger partial charge in [0.05, 0.1) is 9.98 Å². The van der Waals surface area contributed by atoms with Crippen molar-refractivity contribution in [2.24, 2.45) is 0 Å². The van der Waals surface area contributed by atoms with Gasteiger partial charge >= 0.3 is 0 Å². The lowest BCUT2D eigenvalue weighted by Crippen LogP contribution is -2.23. The van der Waals surface area contributed by atoms with Gasteiger partial charge in [-0.3, -0.25) is 4.98 Å². The maximum Gasteiger partial charge on any atom is 0.143 e. The average Bonchev–Trinajstić information content (AvgIpc) is 2.92. The number of nitrogens with zero attached hydrogens (tertiary/aromatic N) is 1. The first-order chi connectivity index (χ1) is 9.13. The molecule has 0 bridgehead atoms. The molecule has 0 aliphatic carbocycles. The van der Waals surface area contributed by atoms with Crippen molar-refractivity contribution in [1.29, 1.82) is 0 Å². The Labute approximate surface area is 123 Å². The zero-order valence-electron chi connectivity index (χ0n) is 10.3.